The highest BCUT2D eigenvalue weighted by molar-refractivity contribution is 6.15. The molecule has 3 aromatic carbocycles. The fourth-order valence-electron chi connectivity index (χ4n) is 4.70. The van der Waals surface area contributed by atoms with Gasteiger partial charge in [0.2, 0.25) is 11.5 Å². The van der Waals surface area contributed by atoms with Gasteiger partial charge in [0, 0.05) is 11.5 Å². The van der Waals surface area contributed by atoms with E-state index >= 15 is 0 Å². The number of carbonyl (C=O) groups is 3. The number of Topliss-reactive ketones (excluding diaryl/α,β-unsaturated/α-hetero) is 1. The number of methoxy groups -OCH3 is 4. The summed E-state index contributed by atoms with van der Waals surface area (Å²) in [4.78, 5) is 37.6. The predicted molar refractivity (Wildman–Crippen MR) is 135 cm³/mol. The number of rotatable bonds is 6. The Hall–Kier alpha value is -4.79. The number of carbonyl (C=O) groups excluding carboxylic acids is 3. The van der Waals surface area contributed by atoms with Crippen molar-refractivity contribution in [2.24, 2.45) is 0 Å². The highest BCUT2D eigenvalue weighted by Crippen LogP contribution is 2.49. The second-order valence-electron chi connectivity index (χ2n) is 8.60. The third-order valence-electron chi connectivity index (χ3n) is 6.50. The van der Waals surface area contributed by atoms with Crippen LogP contribution in [-0.2, 0) is 9.53 Å². The lowest BCUT2D eigenvalue weighted by Crippen LogP contribution is -2.21. The first kappa shape index (κ1) is 24.9. The van der Waals surface area contributed by atoms with Gasteiger partial charge in [-0.1, -0.05) is 12.1 Å². The van der Waals surface area contributed by atoms with Crippen molar-refractivity contribution in [3.8, 4) is 28.7 Å². The lowest BCUT2D eigenvalue weighted by Gasteiger charge is -2.26. The molecule has 0 bridgehead atoms. The molecule has 0 saturated carbocycles. The average molecular weight is 517 g/mol. The third-order valence-corrected chi connectivity index (χ3v) is 6.50. The summed E-state index contributed by atoms with van der Waals surface area (Å²) in [5.41, 5.74) is 2.70. The van der Waals surface area contributed by atoms with E-state index in [1.807, 2.05) is 0 Å². The second-order valence-corrected chi connectivity index (χ2v) is 8.60. The third kappa shape index (κ3) is 4.21. The summed E-state index contributed by atoms with van der Waals surface area (Å²) in [5.74, 6) is 0.422. The Kier molecular flexibility index (Phi) is 6.50. The van der Waals surface area contributed by atoms with Crippen LogP contribution in [0.5, 0.6) is 28.7 Å². The molecule has 38 heavy (non-hydrogen) atoms. The number of ether oxygens (including phenoxy) is 6. The van der Waals surface area contributed by atoms with E-state index in [1.165, 1.54) is 28.4 Å². The molecule has 3 aromatic rings. The molecule has 9 nitrogen and oxygen atoms in total. The summed E-state index contributed by atoms with van der Waals surface area (Å²) in [6.45, 7) is 0. The van der Waals surface area contributed by atoms with Crippen LogP contribution in [0, 0.1) is 0 Å². The van der Waals surface area contributed by atoms with Crippen molar-refractivity contribution in [2.45, 2.75) is 12.3 Å². The van der Waals surface area contributed by atoms with E-state index < -0.39 is 17.9 Å². The molecule has 194 valence electrons. The van der Waals surface area contributed by atoms with E-state index in [-0.39, 0.29) is 18.0 Å². The molecule has 0 N–H and O–H groups in total. The molecule has 0 amide bonds. The van der Waals surface area contributed by atoms with Gasteiger partial charge in [-0.3, -0.25) is 9.59 Å². The molecule has 2 aliphatic rings. The van der Waals surface area contributed by atoms with Crippen LogP contribution in [0.4, 0.5) is 0 Å². The minimum atomic E-state index is -0.462. The normalized spacial score (nSPS) is 16.7. The molecule has 0 spiro atoms. The minimum Gasteiger partial charge on any atom is -0.493 e. The van der Waals surface area contributed by atoms with Crippen LogP contribution >= 0.6 is 0 Å². The Balaban J connectivity index is 1.56. The number of allylic oxidation sites excluding steroid dienone is 1. The van der Waals surface area contributed by atoms with Crippen molar-refractivity contribution in [1.82, 2.24) is 0 Å². The zero-order valence-electron chi connectivity index (χ0n) is 21.2. The van der Waals surface area contributed by atoms with Gasteiger partial charge in [0.1, 0.15) is 11.5 Å². The van der Waals surface area contributed by atoms with E-state index in [0.717, 1.165) is 5.56 Å². The topological polar surface area (TPSA) is 107 Å². The van der Waals surface area contributed by atoms with Gasteiger partial charge in [-0.2, -0.15) is 0 Å². The van der Waals surface area contributed by atoms with Crippen molar-refractivity contribution >= 4 is 23.8 Å². The molecule has 0 aromatic heterocycles. The van der Waals surface area contributed by atoms with Crippen molar-refractivity contribution in [1.29, 1.82) is 0 Å². The first-order valence-electron chi connectivity index (χ1n) is 11.7. The first-order chi connectivity index (χ1) is 18.4. The maximum Gasteiger partial charge on any atom is 0.337 e. The molecular weight excluding hydrogens is 492 g/mol. The van der Waals surface area contributed by atoms with E-state index in [1.54, 1.807) is 54.6 Å². The molecule has 9 heteroatoms. The second kappa shape index (κ2) is 9.93. The maximum atomic E-state index is 13.3. The first-order valence-corrected chi connectivity index (χ1v) is 11.7. The summed E-state index contributed by atoms with van der Waals surface area (Å²) >= 11 is 0. The number of benzene rings is 3. The van der Waals surface area contributed by atoms with E-state index in [2.05, 4.69) is 0 Å². The highest BCUT2D eigenvalue weighted by Gasteiger charge is 2.38. The Morgan fingerprint density at radius 2 is 1.58 bits per heavy atom. The number of esters is 2. The van der Waals surface area contributed by atoms with Gasteiger partial charge in [0.15, 0.2) is 17.3 Å². The van der Waals surface area contributed by atoms with Gasteiger partial charge in [-0.15, -0.1) is 0 Å². The van der Waals surface area contributed by atoms with Gasteiger partial charge in [-0.25, -0.2) is 4.79 Å². The predicted octanol–water partition coefficient (Wildman–Crippen LogP) is 4.56. The molecule has 1 atom stereocenters. The van der Waals surface area contributed by atoms with Crippen LogP contribution in [0.3, 0.4) is 0 Å². The molecular formula is C29H24O9. The molecule has 5 rings (SSSR count). The van der Waals surface area contributed by atoms with Crippen molar-refractivity contribution in [3.05, 3.63) is 82.1 Å². The standard InChI is InChI=1S/C29H24O9/c1-33-22-12-15(13-23(34-2)28(22)35-3)11-21-26(31)18-9-10-20-25(27(18)38-21)19(14-24(30)37-20)16-5-7-17(8-6-16)29(32)36-4/h5-13,19H,14H2,1-4H3. The average Bonchev–Trinajstić information content (AvgIpc) is 3.26. The number of fused-ring (bicyclic) bond motifs is 3. The summed E-state index contributed by atoms with van der Waals surface area (Å²) in [5, 5.41) is 0. The number of ketones is 1. The maximum absolute atomic E-state index is 13.3. The Morgan fingerprint density at radius 3 is 2.18 bits per heavy atom. The molecule has 2 heterocycles. The van der Waals surface area contributed by atoms with Gasteiger partial charge < -0.3 is 28.4 Å². The van der Waals surface area contributed by atoms with E-state index in [4.69, 9.17) is 28.4 Å². The monoisotopic (exact) mass is 516 g/mol. The van der Waals surface area contributed by atoms with Crippen LogP contribution in [0.25, 0.3) is 6.08 Å². The zero-order valence-corrected chi connectivity index (χ0v) is 21.2. The van der Waals surface area contributed by atoms with Gasteiger partial charge in [0.05, 0.1) is 46.0 Å². The van der Waals surface area contributed by atoms with Crippen LogP contribution in [-0.4, -0.2) is 46.2 Å². The molecule has 0 fully saturated rings. The Morgan fingerprint density at radius 1 is 0.895 bits per heavy atom. The lowest BCUT2D eigenvalue weighted by molar-refractivity contribution is -0.135. The van der Waals surface area contributed by atoms with Crippen LogP contribution in [0.1, 0.15) is 49.7 Å². The van der Waals surface area contributed by atoms with Crippen LogP contribution < -0.4 is 23.7 Å². The van der Waals surface area contributed by atoms with E-state index in [9.17, 15) is 14.4 Å². The molecule has 2 aliphatic heterocycles. The number of hydrogen-bond acceptors (Lipinski definition) is 9. The Labute approximate surface area is 218 Å². The van der Waals surface area contributed by atoms with Gasteiger partial charge in [0.25, 0.3) is 0 Å². The fourth-order valence-corrected chi connectivity index (χ4v) is 4.70. The molecule has 0 radical (unpaired) electrons. The zero-order chi connectivity index (χ0) is 27.0. The largest absolute Gasteiger partial charge is 0.493 e. The molecule has 0 aliphatic carbocycles. The summed E-state index contributed by atoms with van der Waals surface area (Å²) in [6, 6.07) is 13.4. The van der Waals surface area contributed by atoms with Crippen molar-refractivity contribution in [2.75, 3.05) is 28.4 Å². The van der Waals surface area contributed by atoms with E-state index in [0.29, 0.717) is 51.0 Å². The van der Waals surface area contributed by atoms with Crippen molar-refractivity contribution in [3.63, 3.8) is 0 Å². The lowest BCUT2D eigenvalue weighted by atomic mass is 9.84. The highest BCUT2D eigenvalue weighted by atomic mass is 16.5. The SMILES string of the molecule is COC(=O)c1ccc(C2CC(=O)Oc3ccc4c(c32)OC(=Cc2cc(OC)c(OC)c(OC)c2)C4=O)cc1. The number of hydrogen-bond donors (Lipinski definition) is 0. The smallest absolute Gasteiger partial charge is 0.337 e. The minimum absolute atomic E-state index is 0.0461. The summed E-state index contributed by atoms with van der Waals surface area (Å²) in [7, 11) is 5.83. The molecule has 0 saturated heterocycles. The van der Waals surface area contributed by atoms with Crippen LogP contribution in [0.15, 0.2) is 54.3 Å². The van der Waals surface area contributed by atoms with Crippen molar-refractivity contribution < 1.29 is 42.8 Å². The molecule has 1 unspecified atom stereocenters. The van der Waals surface area contributed by atoms with Crippen LogP contribution in [0.2, 0.25) is 0 Å². The Bertz CT molecular complexity index is 1460. The van der Waals surface area contributed by atoms with Gasteiger partial charge in [-0.05, 0) is 53.6 Å². The fraction of sp³-hybridized carbons (Fsp3) is 0.207. The summed E-state index contributed by atoms with van der Waals surface area (Å²) < 4.78 is 32.6. The quantitative estimate of drug-likeness (QED) is 0.265. The van der Waals surface area contributed by atoms with Gasteiger partial charge >= 0.3 is 11.9 Å². The summed E-state index contributed by atoms with van der Waals surface area (Å²) in [6.07, 6.45) is 1.64.